The zero-order valence-corrected chi connectivity index (χ0v) is 7.03. The van der Waals surface area contributed by atoms with E-state index in [2.05, 4.69) is 20.3 Å². The van der Waals surface area contributed by atoms with E-state index in [0.717, 1.165) is 0 Å². The Labute approximate surface area is 78.2 Å². The Balaban J connectivity index is 2.23. The number of fused-ring (bicyclic) bond motifs is 1. The largest absolute Gasteiger partial charge is 0.461 e. The van der Waals surface area contributed by atoms with Crippen LogP contribution in [-0.2, 0) is 0 Å². The van der Waals surface area contributed by atoms with E-state index >= 15 is 0 Å². The monoisotopic (exact) mass is 187 g/mol. The summed E-state index contributed by atoms with van der Waals surface area (Å²) in [4.78, 5) is 8.29. The van der Waals surface area contributed by atoms with Gasteiger partial charge in [-0.2, -0.15) is 4.52 Å². The van der Waals surface area contributed by atoms with E-state index < -0.39 is 0 Å². The van der Waals surface area contributed by atoms with E-state index in [4.69, 9.17) is 4.42 Å². The van der Waals surface area contributed by atoms with Crippen LogP contribution in [0.25, 0.3) is 17.2 Å². The normalized spacial score (nSPS) is 10.9. The molecule has 0 saturated carbocycles. The second-order valence-corrected chi connectivity index (χ2v) is 2.69. The molecule has 68 valence electrons. The molecule has 0 radical (unpaired) electrons. The van der Waals surface area contributed by atoms with Crippen molar-refractivity contribution in [3.8, 4) is 11.6 Å². The number of furan rings is 1. The van der Waals surface area contributed by atoms with Crippen LogP contribution >= 0.6 is 0 Å². The van der Waals surface area contributed by atoms with Crippen molar-refractivity contribution in [2.45, 2.75) is 0 Å². The van der Waals surface area contributed by atoms with Crippen LogP contribution in [0.3, 0.4) is 0 Å². The summed E-state index contributed by atoms with van der Waals surface area (Å²) in [5.74, 6) is 1.17. The Morgan fingerprint density at radius 3 is 3.21 bits per heavy atom. The molecule has 0 saturated heterocycles. The van der Waals surface area contributed by atoms with Gasteiger partial charge >= 0.3 is 0 Å². The molecule has 6 nitrogen and oxygen atoms in total. The molecule has 3 aromatic heterocycles. The molecule has 0 atom stereocenters. The lowest BCUT2D eigenvalue weighted by Crippen LogP contribution is -1.94. The lowest BCUT2D eigenvalue weighted by Gasteiger charge is -1.94. The Morgan fingerprint density at radius 2 is 2.36 bits per heavy atom. The third kappa shape index (κ3) is 0.972. The number of hydrogen-bond donors (Lipinski definition) is 0. The van der Waals surface area contributed by atoms with Gasteiger partial charge in [-0.1, -0.05) is 5.21 Å². The molecule has 0 amide bonds. The smallest absolute Gasteiger partial charge is 0.199 e. The van der Waals surface area contributed by atoms with Crippen LogP contribution in [0.1, 0.15) is 0 Å². The van der Waals surface area contributed by atoms with Crippen molar-refractivity contribution in [3.05, 3.63) is 30.9 Å². The highest BCUT2D eigenvalue weighted by Crippen LogP contribution is 2.14. The summed E-state index contributed by atoms with van der Waals surface area (Å²) in [6.07, 6.45) is 4.69. The van der Waals surface area contributed by atoms with Gasteiger partial charge in [0.25, 0.3) is 0 Å². The first-order chi connectivity index (χ1) is 6.93. The highest BCUT2D eigenvalue weighted by Gasteiger charge is 2.05. The molecule has 0 spiro atoms. The fourth-order valence-corrected chi connectivity index (χ4v) is 1.17. The SMILES string of the molecule is c1coc(-c2ncn3nncc3n2)c1. The molecule has 3 rings (SSSR count). The van der Waals surface area contributed by atoms with Gasteiger partial charge in [0, 0.05) is 0 Å². The molecule has 0 aromatic carbocycles. The van der Waals surface area contributed by atoms with E-state index in [1.54, 1.807) is 30.9 Å². The molecule has 0 aliphatic rings. The number of aromatic nitrogens is 5. The van der Waals surface area contributed by atoms with Crippen molar-refractivity contribution in [2.24, 2.45) is 0 Å². The standard InChI is InChI=1S/C8H5N5O/c1-2-6(14-3-1)8-9-5-13-7(11-8)4-10-12-13/h1-5H. The molecule has 0 fully saturated rings. The van der Waals surface area contributed by atoms with Gasteiger partial charge in [-0.25, -0.2) is 9.97 Å². The first-order valence-electron chi connectivity index (χ1n) is 4.00. The second kappa shape index (κ2) is 2.63. The van der Waals surface area contributed by atoms with Crippen LogP contribution < -0.4 is 0 Å². The maximum atomic E-state index is 5.17. The molecule has 0 bridgehead atoms. The summed E-state index contributed by atoms with van der Waals surface area (Å²) >= 11 is 0. The predicted molar refractivity (Wildman–Crippen MR) is 46.3 cm³/mol. The summed E-state index contributed by atoms with van der Waals surface area (Å²) in [7, 11) is 0. The number of nitrogens with zero attached hydrogens (tertiary/aromatic N) is 5. The van der Waals surface area contributed by atoms with Gasteiger partial charge in [-0.05, 0) is 12.1 Å². The van der Waals surface area contributed by atoms with Crippen molar-refractivity contribution >= 4 is 5.65 Å². The van der Waals surface area contributed by atoms with Crippen LogP contribution in [-0.4, -0.2) is 24.8 Å². The summed E-state index contributed by atoms with van der Waals surface area (Å²) < 4.78 is 6.66. The first kappa shape index (κ1) is 7.19. The molecular weight excluding hydrogens is 182 g/mol. The summed E-state index contributed by atoms with van der Waals surface area (Å²) in [5, 5.41) is 7.46. The highest BCUT2D eigenvalue weighted by molar-refractivity contribution is 5.49. The summed E-state index contributed by atoms with van der Waals surface area (Å²) in [5.41, 5.74) is 0.645. The van der Waals surface area contributed by atoms with Crippen molar-refractivity contribution < 1.29 is 4.42 Å². The number of hydrogen-bond acceptors (Lipinski definition) is 5. The highest BCUT2D eigenvalue weighted by atomic mass is 16.3. The van der Waals surface area contributed by atoms with E-state index in [9.17, 15) is 0 Å². The van der Waals surface area contributed by atoms with Crippen LogP contribution in [0.2, 0.25) is 0 Å². The fraction of sp³-hybridized carbons (Fsp3) is 0. The minimum absolute atomic E-state index is 0.532. The van der Waals surface area contributed by atoms with Gasteiger partial charge in [0.15, 0.2) is 17.2 Å². The maximum Gasteiger partial charge on any atom is 0.199 e. The molecule has 0 unspecified atom stereocenters. The van der Waals surface area contributed by atoms with E-state index in [0.29, 0.717) is 17.2 Å². The molecule has 3 heterocycles. The molecule has 3 aromatic rings. The van der Waals surface area contributed by atoms with E-state index in [-0.39, 0.29) is 0 Å². The molecule has 14 heavy (non-hydrogen) atoms. The van der Waals surface area contributed by atoms with E-state index in [1.807, 2.05) is 0 Å². The Bertz CT molecular complexity index is 556. The van der Waals surface area contributed by atoms with Gasteiger partial charge in [-0.15, -0.1) is 5.10 Å². The van der Waals surface area contributed by atoms with Crippen LogP contribution in [0, 0.1) is 0 Å². The van der Waals surface area contributed by atoms with Crippen molar-refractivity contribution in [3.63, 3.8) is 0 Å². The average Bonchev–Trinajstić information content (AvgIpc) is 2.88. The van der Waals surface area contributed by atoms with Crippen molar-refractivity contribution in [1.82, 2.24) is 24.8 Å². The molecule has 6 heteroatoms. The van der Waals surface area contributed by atoms with Crippen molar-refractivity contribution in [2.75, 3.05) is 0 Å². The maximum absolute atomic E-state index is 5.17. The summed E-state index contributed by atoms with van der Waals surface area (Å²) in [6, 6.07) is 3.59. The molecule has 0 aliphatic carbocycles. The minimum atomic E-state index is 0.532. The average molecular weight is 187 g/mol. The van der Waals surface area contributed by atoms with Crippen LogP contribution in [0.4, 0.5) is 0 Å². The lowest BCUT2D eigenvalue weighted by atomic mass is 10.4. The Hall–Kier alpha value is -2.24. The zero-order chi connectivity index (χ0) is 9.38. The van der Waals surface area contributed by atoms with Crippen molar-refractivity contribution in [1.29, 1.82) is 0 Å². The second-order valence-electron chi connectivity index (χ2n) is 2.69. The van der Waals surface area contributed by atoms with Gasteiger partial charge in [-0.3, -0.25) is 0 Å². The topological polar surface area (TPSA) is 69.1 Å². The third-order valence-electron chi connectivity index (χ3n) is 1.81. The lowest BCUT2D eigenvalue weighted by molar-refractivity contribution is 0.576. The Kier molecular flexibility index (Phi) is 1.35. The summed E-state index contributed by atoms with van der Waals surface area (Å²) in [6.45, 7) is 0. The fourth-order valence-electron chi connectivity index (χ4n) is 1.17. The van der Waals surface area contributed by atoms with Crippen LogP contribution in [0.5, 0.6) is 0 Å². The van der Waals surface area contributed by atoms with Gasteiger partial charge in [0.2, 0.25) is 0 Å². The van der Waals surface area contributed by atoms with Gasteiger partial charge in [0.1, 0.15) is 6.33 Å². The van der Waals surface area contributed by atoms with E-state index in [1.165, 1.54) is 4.52 Å². The number of rotatable bonds is 1. The van der Waals surface area contributed by atoms with Gasteiger partial charge in [0.05, 0.1) is 12.5 Å². The Morgan fingerprint density at radius 1 is 1.36 bits per heavy atom. The molecule has 0 N–H and O–H groups in total. The third-order valence-corrected chi connectivity index (χ3v) is 1.81. The molecular formula is C8H5N5O. The van der Waals surface area contributed by atoms with Gasteiger partial charge < -0.3 is 4.42 Å². The predicted octanol–water partition coefficient (Wildman–Crippen LogP) is 0.779. The molecule has 0 aliphatic heterocycles. The minimum Gasteiger partial charge on any atom is -0.461 e. The van der Waals surface area contributed by atoms with Crippen LogP contribution in [0.15, 0.2) is 35.3 Å². The zero-order valence-electron chi connectivity index (χ0n) is 7.03. The first-order valence-corrected chi connectivity index (χ1v) is 4.00. The quantitative estimate of drug-likeness (QED) is 0.563.